The number of non-ortho nitro benzene ring substituents is 1. The molecule has 2 aliphatic rings. The van der Waals surface area contributed by atoms with Crippen molar-refractivity contribution in [1.29, 1.82) is 0 Å². The highest BCUT2D eigenvalue weighted by atomic mass is 79.9. The average molecular weight is 526 g/mol. The second-order valence-electron chi connectivity index (χ2n) is 8.24. The summed E-state index contributed by atoms with van der Waals surface area (Å²) in [5.74, 6) is -3.95. The quantitative estimate of drug-likeness (QED) is 0.186. The van der Waals surface area contributed by atoms with Crippen LogP contribution in [0.25, 0.3) is 0 Å². The lowest BCUT2D eigenvalue weighted by Gasteiger charge is -2.30. The highest BCUT2D eigenvalue weighted by Crippen LogP contribution is 2.39. The fourth-order valence-corrected chi connectivity index (χ4v) is 4.63. The van der Waals surface area contributed by atoms with E-state index >= 15 is 0 Å². The second kappa shape index (κ2) is 9.30. The van der Waals surface area contributed by atoms with Gasteiger partial charge in [-0.05, 0) is 30.5 Å². The Bertz CT molecular complexity index is 1230. The molecular weight excluding hydrogens is 506 g/mol. The summed E-state index contributed by atoms with van der Waals surface area (Å²) in [6.45, 7) is 1.24. The van der Waals surface area contributed by atoms with Crippen molar-refractivity contribution < 1.29 is 24.1 Å². The van der Waals surface area contributed by atoms with Crippen LogP contribution >= 0.6 is 15.9 Å². The number of fused-ring (bicyclic) bond motifs is 1. The van der Waals surface area contributed by atoms with Crippen LogP contribution in [0.3, 0.4) is 0 Å². The molecule has 0 bridgehead atoms. The van der Waals surface area contributed by atoms with Crippen molar-refractivity contribution in [3.8, 4) is 0 Å². The third kappa shape index (κ3) is 4.28. The maximum absolute atomic E-state index is 13.5. The van der Waals surface area contributed by atoms with Crippen LogP contribution in [0.15, 0.2) is 65.2 Å². The Hall–Kier alpha value is -3.66. The van der Waals surface area contributed by atoms with Gasteiger partial charge in [0.2, 0.25) is 0 Å². The first-order chi connectivity index (χ1) is 16.2. The predicted molar refractivity (Wildman–Crippen MR) is 124 cm³/mol. The molecular formula is C24H20BrN3O6. The molecule has 0 N–H and O–H groups in total. The molecule has 0 aromatic heterocycles. The summed E-state index contributed by atoms with van der Waals surface area (Å²) in [4.78, 5) is 63.7. The molecule has 34 heavy (non-hydrogen) atoms. The van der Waals surface area contributed by atoms with Crippen LogP contribution < -0.4 is 0 Å². The van der Waals surface area contributed by atoms with Crippen LogP contribution in [0.1, 0.15) is 34.1 Å². The summed E-state index contributed by atoms with van der Waals surface area (Å²) >= 11 is 3.29. The Balaban J connectivity index is 1.73. The highest BCUT2D eigenvalue weighted by Gasteiger charge is 2.53. The van der Waals surface area contributed by atoms with Crippen molar-refractivity contribution in [2.24, 2.45) is 17.8 Å². The number of halogens is 1. The van der Waals surface area contributed by atoms with Crippen molar-refractivity contribution in [2.45, 2.75) is 13.3 Å². The molecule has 1 fully saturated rings. The second-order valence-corrected chi connectivity index (χ2v) is 9.16. The standard InChI is InChI=1S/C24H20BrN3O6/c1-14-4-2-7-19-21(14)24(32)27(23(19)31)26(13-20(29)15-8-10-17(25)11-9-15)22(30)16-5-3-6-18(12-16)28(33)34/h2-6,8-12,14,19,21H,7,13H2,1H3/t14-,19+,21+/m1/s1. The topological polar surface area (TPSA) is 118 Å². The lowest BCUT2D eigenvalue weighted by Crippen LogP contribution is -2.52. The molecule has 4 rings (SSSR count). The molecule has 0 radical (unpaired) electrons. The number of nitro benzene ring substituents is 1. The van der Waals surface area contributed by atoms with Gasteiger partial charge < -0.3 is 0 Å². The zero-order valence-corrected chi connectivity index (χ0v) is 19.7. The lowest BCUT2D eigenvalue weighted by molar-refractivity contribution is -0.384. The summed E-state index contributed by atoms with van der Waals surface area (Å²) in [6, 6.07) is 11.4. The number of allylic oxidation sites excluding steroid dienone is 2. The molecule has 1 saturated heterocycles. The molecule has 0 unspecified atom stereocenters. The molecule has 9 nitrogen and oxygen atoms in total. The predicted octanol–water partition coefficient (Wildman–Crippen LogP) is 3.79. The monoisotopic (exact) mass is 525 g/mol. The van der Waals surface area contributed by atoms with Crippen LogP contribution in [-0.4, -0.2) is 45.0 Å². The number of rotatable bonds is 6. The lowest BCUT2D eigenvalue weighted by atomic mass is 9.78. The highest BCUT2D eigenvalue weighted by molar-refractivity contribution is 9.10. The Labute approximate surface area is 203 Å². The number of nitro groups is 1. The van der Waals surface area contributed by atoms with Crippen LogP contribution in [0, 0.1) is 27.9 Å². The van der Waals surface area contributed by atoms with E-state index in [2.05, 4.69) is 15.9 Å². The smallest absolute Gasteiger partial charge is 0.273 e. The number of carbonyl (C=O) groups excluding carboxylic acids is 4. The van der Waals surface area contributed by atoms with Crippen molar-refractivity contribution in [3.05, 3.63) is 86.4 Å². The fourth-order valence-electron chi connectivity index (χ4n) is 4.37. The van der Waals surface area contributed by atoms with E-state index in [1.165, 1.54) is 18.2 Å². The molecule has 2 aromatic rings. The van der Waals surface area contributed by atoms with Crippen LogP contribution in [-0.2, 0) is 9.59 Å². The molecule has 0 spiro atoms. The van der Waals surface area contributed by atoms with E-state index in [0.717, 1.165) is 20.6 Å². The minimum absolute atomic E-state index is 0.112. The maximum Gasteiger partial charge on any atom is 0.273 e. The molecule has 1 heterocycles. The average Bonchev–Trinajstić information content (AvgIpc) is 3.08. The number of nitrogens with zero attached hydrogens (tertiary/aromatic N) is 3. The number of ketones is 1. The Morgan fingerprint density at radius 3 is 2.47 bits per heavy atom. The number of Topliss-reactive ketones (excluding diaryl/α,β-unsaturated/α-hetero) is 1. The summed E-state index contributed by atoms with van der Waals surface area (Å²) in [7, 11) is 0. The summed E-state index contributed by atoms with van der Waals surface area (Å²) in [5.41, 5.74) is -0.151. The van der Waals surface area contributed by atoms with E-state index in [4.69, 9.17) is 0 Å². The maximum atomic E-state index is 13.5. The SMILES string of the molecule is C[C@@H]1C=CC[C@@H]2C(=O)N(N(CC(=O)c3ccc(Br)cc3)C(=O)c3cccc([N+](=O)[O-])c3)C(=O)[C@@H]12. The van der Waals surface area contributed by atoms with E-state index < -0.39 is 46.8 Å². The normalized spacial score (nSPS) is 21.4. The van der Waals surface area contributed by atoms with E-state index in [1.54, 1.807) is 24.3 Å². The third-order valence-electron chi connectivity index (χ3n) is 6.09. The molecule has 0 saturated carbocycles. The Morgan fingerprint density at radius 2 is 1.82 bits per heavy atom. The van der Waals surface area contributed by atoms with Crippen molar-refractivity contribution in [1.82, 2.24) is 10.0 Å². The van der Waals surface area contributed by atoms with Crippen LogP contribution in [0.2, 0.25) is 0 Å². The van der Waals surface area contributed by atoms with E-state index in [-0.39, 0.29) is 22.7 Å². The summed E-state index contributed by atoms with van der Waals surface area (Å²) in [6.07, 6.45) is 4.05. The van der Waals surface area contributed by atoms with Gasteiger partial charge in [0.15, 0.2) is 5.78 Å². The molecule has 3 amide bonds. The van der Waals surface area contributed by atoms with Gasteiger partial charge in [0.05, 0.1) is 16.8 Å². The van der Waals surface area contributed by atoms with Gasteiger partial charge in [-0.3, -0.25) is 29.3 Å². The van der Waals surface area contributed by atoms with Crippen molar-refractivity contribution in [2.75, 3.05) is 6.54 Å². The fraction of sp³-hybridized carbons (Fsp3) is 0.250. The number of carbonyl (C=O) groups is 4. The van der Waals surface area contributed by atoms with Crippen molar-refractivity contribution in [3.63, 3.8) is 0 Å². The largest absolute Gasteiger partial charge is 0.292 e. The summed E-state index contributed by atoms with van der Waals surface area (Å²) in [5, 5.41) is 12.8. The first kappa shape index (κ1) is 23.5. The van der Waals surface area contributed by atoms with Gasteiger partial charge in [-0.25, -0.2) is 5.01 Å². The van der Waals surface area contributed by atoms with Gasteiger partial charge in [0, 0.05) is 27.7 Å². The van der Waals surface area contributed by atoms with E-state index in [1.807, 2.05) is 19.1 Å². The van der Waals surface area contributed by atoms with Gasteiger partial charge in [-0.15, -0.1) is 0 Å². The molecule has 2 aromatic carbocycles. The van der Waals surface area contributed by atoms with E-state index in [0.29, 0.717) is 6.42 Å². The van der Waals surface area contributed by atoms with Gasteiger partial charge in [0.25, 0.3) is 23.4 Å². The zero-order valence-electron chi connectivity index (χ0n) is 18.1. The molecule has 1 aliphatic heterocycles. The van der Waals surface area contributed by atoms with Gasteiger partial charge in [-0.2, -0.15) is 5.01 Å². The summed E-state index contributed by atoms with van der Waals surface area (Å²) < 4.78 is 0.754. The van der Waals surface area contributed by atoms with Gasteiger partial charge in [0.1, 0.15) is 6.54 Å². The number of imide groups is 1. The first-order valence-electron chi connectivity index (χ1n) is 10.6. The van der Waals surface area contributed by atoms with E-state index in [9.17, 15) is 29.3 Å². The van der Waals surface area contributed by atoms with Gasteiger partial charge >= 0.3 is 0 Å². The molecule has 174 valence electrons. The Kier molecular flexibility index (Phi) is 6.43. The minimum Gasteiger partial charge on any atom is -0.292 e. The van der Waals surface area contributed by atoms with Gasteiger partial charge in [-0.1, -0.05) is 53.2 Å². The third-order valence-corrected chi connectivity index (χ3v) is 6.62. The van der Waals surface area contributed by atoms with Crippen molar-refractivity contribution >= 4 is 45.1 Å². The number of hydrogen-bond acceptors (Lipinski definition) is 6. The molecule has 10 heteroatoms. The zero-order chi connectivity index (χ0) is 24.6. The Morgan fingerprint density at radius 1 is 1.12 bits per heavy atom. The van der Waals surface area contributed by atoms with Crippen LogP contribution in [0.4, 0.5) is 5.69 Å². The molecule has 3 atom stereocenters. The molecule has 1 aliphatic carbocycles. The number of benzene rings is 2. The minimum atomic E-state index is -0.852. The van der Waals surface area contributed by atoms with Crippen LogP contribution in [0.5, 0.6) is 0 Å². The number of hydrogen-bond donors (Lipinski definition) is 0. The number of hydrazine groups is 1. The first-order valence-corrected chi connectivity index (χ1v) is 11.4. The number of amides is 3.